The summed E-state index contributed by atoms with van der Waals surface area (Å²) < 4.78 is 18.9. The first kappa shape index (κ1) is 17.6. The van der Waals surface area contributed by atoms with Gasteiger partial charge in [-0.3, -0.25) is 0 Å². The highest BCUT2D eigenvalue weighted by atomic mass is 79.9. The maximum absolute atomic E-state index is 6.31. The van der Waals surface area contributed by atoms with Crippen LogP contribution in [0, 0.1) is 0 Å². The van der Waals surface area contributed by atoms with Crippen molar-refractivity contribution in [1.82, 2.24) is 0 Å². The van der Waals surface area contributed by atoms with Gasteiger partial charge in [-0.15, -0.1) is 0 Å². The lowest BCUT2D eigenvalue weighted by Gasteiger charge is -2.30. The van der Waals surface area contributed by atoms with Gasteiger partial charge in [0.15, 0.2) is 0 Å². The van der Waals surface area contributed by atoms with E-state index < -0.39 is 8.80 Å². The van der Waals surface area contributed by atoms with Gasteiger partial charge in [-0.2, -0.15) is 0 Å². The summed E-state index contributed by atoms with van der Waals surface area (Å²) in [7, 11) is -3.06. The number of alkyl halides is 1. The first-order valence-electron chi connectivity index (χ1n) is 8.08. The molecule has 0 saturated carbocycles. The molecule has 5 heteroatoms. The van der Waals surface area contributed by atoms with Crippen LogP contribution in [0.4, 0.5) is 0 Å². The highest BCUT2D eigenvalue weighted by molar-refractivity contribution is 9.09. The molecule has 0 amide bonds. The summed E-state index contributed by atoms with van der Waals surface area (Å²) in [6.45, 7) is 0. The average Bonchev–Trinajstić information content (AvgIpc) is 2.64. The predicted molar refractivity (Wildman–Crippen MR) is 106 cm³/mol. The lowest BCUT2D eigenvalue weighted by atomic mass is 10.3. The van der Waals surface area contributed by atoms with Gasteiger partial charge in [-0.25, -0.2) is 0 Å². The molecule has 0 aromatic heterocycles. The molecule has 0 aliphatic heterocycles. The zero-order chi connectivity index (χ0) is 17.4. The largest absolute Gasteiger partial charge is 0.700 e. The highest BCUT2D eigenvalue weighted by Crippen LogP contribution is 2.26. The third kappa shape index (κ3) is 5.11. The summed E-state index contributed by atoms with van der Waals surface area (Å²) in [6, 6.07) is 29.6. The minimum atomic E-state index is -3.06. The molecule has 0 bridgehead atoms. The van der Waals surface area contributed by atoms with E-state index in [1.54, 1.807) is 0 Å². The van der Waals surface area contributed by atoms with E-state index in [2.05, 4.69) is 15.9 Å². The number of hydrogen-bond donors (Lipinski definition) is 0. The van der Waals surface area contributed by atoms with Gasteiger partial charge in [-0.05, 0) is 36.4 Å². The van der Waals surface area contributed by atoms with Crippen LogP contribution in [0.2, 0.25) is 6.04 Å². The van der Waals surface area contributed by atoms with Crippen molar-refractivity contribution in [1.29, 1.82) is 0 Å². The van der Waals surface area contributed by atoms with Crippen LogP contribution in [-0.2, 0) is 0 Å². The van der Waals surface area contributed by atoms with Crippen molar-refractivity contribution < 1.29 is 13.3 Å². The molecule has 0 spiro atoms. The SMILES string of the molecule is BrCC[Si](Oc1ccccc1)(Oc1ccccc1)Oc1ccccc1. The van der Waals surface area contributed by atoms with Crippen molar-refractivity contribution in [2.75, 3.05) is 5.33 Å². The third-order valence-corrected chi connectivity index (χ3v) is 7.08. The second-order valence-electron chi connectivity index (χ2n) is 5.37. The van der Waals surface area contributed by atoms with Crippen LogP contribution in [0.15, 0.2) is 91.0 Å². The summed E-state index contributed by atoms with van der Waals surface area (Å²) in [5.41, 5.74) is 0. The molecule has 0 atom stereocenters. The Bertz CT molecular complexity index is 652. The molecule has 0 N–H and O–H groups in total. The molecule has 0 radical (unpaired) electrons. The number of benzene rings is 3. The lowest BCUT2D eigenvalue weighted by molar-refractivity contribution is 0.263. The first-order chi connectivity index (χ1) is 12.3. The van der Waals surface area contributed by atoms with Crippen molar-refractivity contribution in [3.05, 3.63) is 91.0 Å². The Balaban J connectivity index is 1.94. The van der Waals surface area contributed by atoms with E-state index >= 15 is 0 Å². The molecule has 0 saturated heterocycles. The molecule has 128 valence electrons. The normalized spacial score (nSPS) is 10.9. The van der Waals surface area contributed by atoms with Crippen LogP contribution in [-0.4, -0.2) is 14.1 Å². The quantitative estimate of drug-likeness (QED) is 0.356. The monoisotopic (exact) mass is 414 g/mol. The molecule has 0 unspecified atom stereocenters. The molecule has 3 nitrogen and oxygen atoms in total. The Hall–Kier alpha value is -2.24. The second kappa shape index (κ2) is 8.74. The van der Waals surface area contributed by atoms with Crippen molar-refractivity contribution >= 4 is 24.7 Å². The zero-order valence-corrected chi connectivity index (χ0v) is 16.3. The van der Waals surface area contributed by atoms with Crippen LogP contribution in [0.25, 0.3) is 0 Å². The van der Waals surface area contributed by atoms with Crippen LogP contribution < -0.4 is 13.3 Å². The molecule has 3 aromatic carbocycles. The zero-order valence-electron chi connectivity index (χ0n) is 13.7. The van der Waals surface area contributed by atoms with Gasteiger partial charge in [-0.1, -0.05) is 70.5 Å². The molecule has 25 heavy (non-hydrogen) atoms. The summed E-state index contributed by atoms with van der Waals surface area (Å²) in [4.78, 5) is 0. The van der Waals surface area contributed by atoms with Gasteiger partial charge < -0.3 is 13.3 Å². The standard InChI is InChI=1S/C20H19BrO3Si/c21-16-17-25(22-18-10-4-1-5-11-18,23-19-12-6-2-7-13-19)24-20-14-8-3-9-15-20/h1-15H,16-17H2. The Labute approximate surface area is 157 Å². The van der Waals surface area contributed by atoms with Gasteiger partial charge >= 0.3 is 8.80 Å². The average molecular weight is 415 g/mol. The molecule has 0 aliphatic carbocycles. The molecule has 0 fully saturated rings. The molecule has 3 rings (SSSR count). The third-order valence-electron chi connectivity index (χ3n) is 3.45. The van der Waals surface area contributed by atoms with E-state index in [9.17, 15) is 0 Å². The Morgan fingerprint density at radius 2 is 0.880 bits per heavy atom. The van der Waals surface area contributed by atoms with Crippen LogP contribution in [0.5, 0.6) is 17.2 Å². The molecule has 0 aliphatic rings. The van der Waals surface area contributed by atoms with E-state index in [1.165, 1.54) is 0 Å². The summed E-state index contributed by atoms with van der Waals surface area (Å²) in [5.74, 6) is 2.21. The summed E-state index contributed by atoms with van der Waals surface area (Å²) in [5, 5.41) is 0.714. The van der Waals surface area contributed by atoms with Gasteiger partial charge in [0, 0.05) is 5.33 Å². The minimum absolute atomic E-state index is 0.631. The molecule has 3 aromatic rings. The number of para-hydroxylation sites is 3. The van der Waals surface area contributed by atoms with Gasteiger partial charge in [0.25, 0.3) is 0 Å². The topological polar surface area (TPSA) is 27.7 Å². The van der Waals surface area contributed by atoms with Crippen LogP contribution >= 0.6 is 15.9 Å². The van der Waals surface area contributed by atoms with Crippen molar-refractivity contribution in [2.45, 2.75) is 6.04 Å². The fraction of sp³-hybridized carbons (Fsp3) is 0.100. The number of hydrogen-bond acceptors (Lipinski definition) is 3. The van der Waals surface area contributed by atoms with Gasteiger partial charge in [0.1, 0.15) is 17.2 Å². The van der Waals surface area contributed by atoms with E-state index in [1.807, 2.05) is 91.0 Å². The van der Waals surface area contributed by atoms with E-state index in [0.29, 0.717) is 11.4 Å². The number of rotatable bonds is 8. The van der Waals surface area contributed by atoms with Crippen LogP contribution in [0.3, 0.4) is 0 Å². The smallest absolute Gasteiger partial charge is 0.483 e. The van der Waals surface area contributed by atoms with Crippen molar-refractivity contribution in [2.24, 2.45) is 0 Å². The van der Waals surface area contributed by atoms with Crippen LogP contribution in [0.1, 0.15) is 0 Å². The van der Waals surface area contributed by atoms with Gasteiger partial charge in [0.2, 0.25) is 0 Å². The first-order valence-corrected chi connectivity index (χ1v) is 11.1. The van der Waals surface area contributed by atoms with Crippen molar-refractivity contribution in [3.63, 3.8) is 0 Å². The maximum Gasteiger partial charge on any atom is 0.700 e. The Kier molecular flexibility index (Phi) is 6.14. The fourth-order valence-corrected chi connectivity index (χ4v) is 5.94. The van der Waals surface area contributed by atoms with E-state index in [-0.39, 0.29) is 0 Å². The van der Waals surface area contributed by atoms with E-state index in [0.717, 1.165) is 17.2 Å². The minimum Gasteiger partial charge on any atom is -0.483 e. The molecule has 0 heterocycles. The summed E-state index contributed by atoms with van der Waals surface area (Å²) >= 11 is 3.52. The lowest BCUT2D eigenvalue weighted by Crippen LogP contribution is -2.55. The van der Waals surface area contributed by atoms with Gasteiger partial charge in [0.05, 0.1) is 6.04 Å². The Morgan fingerprint density at radius 1 is 0.560 bits per heavy atom. The maximum atomic E-state index is 6.31. The highest BCUT2D eigenvalue weighted by Gasteiger charge is 2.48. The fourth-order valence-electron chi connectivity index (χ4n) is 2.34. The molecular formula is C20H19BrO3Si. The second-order valence-corrected chi connectivity index (χ2v) is 8.64. The Morgan fingerprint density at radius 3 is 1.16 bits per heavy atom. The van der Waals surface area contributed by atoms with E-state index in [4.69, 9.17) is 13.3 Å². The number of halogens is 1. The predicted octanol–water partition coefficient (Wildman–Crippen LogP) is 5.56. The summed E-state index contributed by atoms with van der Waals surface area (Å²) in [6.07, 6.45) is 0. The molecular weight excluding hydrogens is 396 g/mol. The van der Waals surface area contributed by atoms with Crippen molar-refractivity contribution in [3.8, 4) is 17.2 Å².